The van der Waals surface area contributed by atoms with Crippen LogP contribution in [0.15, 0.2) is 37.1 Å². The molecule has 1 heterocycles. The van der Waals surface area contributed by atoms with Crippen molar-refractivity contribution in [3.63, 3.8) is 0 Å². The predicted molar refractivity (Wildman–Crippen MR) is 68.5 cm³/mol. The molecule has 0 fully saturated rings. The number of rotatable bonds is 5. The highest BCUT2D eigenvalue weighted by Crippen LogP contribution is 2.26. The van der Waals surface area contributed by atoms with E-state index < -0.39 is 17.6 Å². The van der Waals surface area contributed by atoms with Crippen LogP contribution in [0.2, 0.25) is 0 Å². The van der Waals surface area contributed by atoms with Gasteiger partial charge in [0.1, 0.15) is 6.61 Å². The Labute approximate surface area is 111 Å². The molecule has 1 rings (SSSR count). The van der Waals surface area contributed by atoms with Crippen molar-refractivity contribution in [1.29, 1.82) is 0 Å². The number of carboxylic acids is 1. The maximum absolute atomic E-state index is 11.8. The highest BCUT2D eigenvalue weighted by Gasteiger charge is 2.44. The fourth-order valence-electron chi connectivity index (χ4n) is 1.49. The third-order valence-electron chi connectivity index (χ3n) is 2.85. The number of aromatic nitrogens is 1. The first-order chi connectivity index (χ1) is 8.94. The Kier molecular flexibility index (Phi) is 4.63. The average Bonchev–Trinajstić information content (AvgIpc) is 2.43. The lowest BCUT2D eigenvalue weighted by atomic mass is 9.95. The third-order valence-corrected chi connectivity index (χ3v) is 2.85. The van der Waals surface area contributed by atoms with E-state index >= 15 is 0 Å². The molecule has 0 aliphatic carbocycles. The van der Waals surface area contributed by atoms with Crippen molar-refractivity contribution in [3.8, 4) is 0 Å². The van der Waals surface area contributed by atoms with Crippen LogP contribution >= 0.6 is 0 Å². The Bertz CT molecular complexity index is 475. The second-order valence-corrected chi connectivity index (χ2v) is 4.02. The van der Waals surface area contributed by atoms with Crippen LogP contribution in [-0.4, -0.2) is 40.7 Å². The second-order valence-electron chi connectivity index (χ2n) is 4.02. The number of carbonyl (C=O) groups excluding carboxylic acids is 1. The number of ether oxygens (including phenoxy) is 1. The molecule has 0 bridgehead atoms. The molecule has 0 saturated heterocycles. The van der Waals surface area contributed by atoms with Crippen LogP contribution in [0.25, 0.3) is 0 Å². The molecule has 1 aromatic heterocycles. The Morgan fingerprint density at radius 2 is 2.26 bits per heavy atom. The summed E-state index contributed by atoms with van der Waals surface area (Å²) in [5.74, 6) is -1.19. The van der Waals surface area contributed by atoms with Crippen LogP contribution < -0.4 is 0 Å². The van der Waals surface area contributed by atoms with Crippen LogP contribution in [0.3, 0.4) is 0 Å². The summed E-state index contributed by atoms with van der Waals surface area (Å²) >= 11 is 0. The minimum Gasteiger partial charge on any atom is -0.479 e. The Morgan fingerprint density at radius 3 is 2.74 bits per heavy atom. The Balaban J connectivity index is 3.10. The zero-order valence-electron chi connectivity index (χ0n) is 10.9. The van der Waals surface area contributed by atoms with Gasteiger partial charge in [0.2, 0.25) is 0 Å². The van der Waals surface area contributed by atoms with Crippen molar-refractivity contribution in [2.45, 2.75) is 12.5 Å². The van der Waals surface area contributed by atoms with Gasteiger partial charge in [-0.15, -0.1) is 0 Å². The Morgan fingerprint density at radius 1 is 1.58 bits per heavy atom. The summed E-state index contributed by atoms with van der Waals surface area (Å²) in [6, 6.07) is 4.87. The zero-order valence-corrected chi connectivity index (χ0v) is 10.9. The van der Waals surface area contributed by atoms with Gasteiger partial charge in [-0.3, -0.25) is 9.88 Å². The molecule has 0 aliphatic heterocycles. The largest absolute Gasteiger partial charge is 0.479 e. The SMILES string of the molecule is C=CCOC(=O)N(C)C(C)(C(=O)O)c1ccccn1. The standard InChI is InChI=1S/C13H16N2O4/c1-4-9-19-12(18)15(3)13(2,11(16)17)10-7-5-6-8-14-10/h4-8H,1,9H2,2-3H3,(H,16,17). The molecule has 1 N–H and O–H groups in total. The smallest absolute Gasteiger partial charge is 0.411 e. The molecule has 1 aromatic rings. The molecule has 19 heavy (non-hydrogen) atoms. The van der Waals surface area contributed by atoms with Gasteiger partial charge >= 0.3 is 12.1 Å². The molecule has 1 unspecified atom stereocenters. The van der Waals surface area contributed by atoms with E-state index in [1.807, 2.05) is 0 Å². The number of carbonyl (C=O) groups is 2. The second kappa shape index (κ2) is 5.99. The topological polar surface area (TPSA) is 79.7 Å². The Hall–Kier alpha value is -2.37. The number of aliphatic carboxylic acids is 1. The van der Waals surface area contributed by atoms with Crippen molar-refractivity contribution < 1.29 is 19.4 Å². The summed E-state index contributed by atoms with van der Waals surface area (Å²) in [6.07, 6.45) is 2.12. The van der Waals surface area contributed by atoms with Gasteiger partial charge in [0, 0.05) is 13.2 Å². The maximum atomic E-state index is 11.8. The van der Waals surface area contributed by atoms with Gasteiger partial charge in [-0.05, 0) is 19.1 Å². The van der Waals surface area contributed by atoms with Gasteiger partial charge in [-0.1, -0.05) is 18.7 Å². The van der Waals surface area contributed by atoms with Crippen molar-refractivity contribution in [1.82, 2.24) is 9.88 Å². The minimum absolute atomic E-state index is 0.0150. The summed E-state index contributed by atoms with van der Waals surface area (Å²) < 4.78 is 4.85. The van der Waals surface area contributed by atoms with Gasteiger partial charge in [0.15, 0.2) is 5.54 Å². The molecule has 6 nitrogen and oxygen atoms in total. The summed E-state index contributed by atoms with van der Waals surface area (Å²) in [6.45, 7) is 4.83. The summed E-state index contributed by atoms with van der Waals surface area (Å²) in [4.78, 5) is 28.3. The normalized spacial score (nSPS) is 13.2. The third kappa shape index (κ3) is 2.90. The molecule has 102 valence electrons. The number of hydrogen-bond donors (Lipinski definition) is 1. The van der Waals surface area contributed by atoms with Crippen molar-refractivity contribution in [2.75, 3.05) is 13.7 Å². The van der Waals surface area contributed by atoms with Crippen LogP contribution in [0, 0.1) is 0 Å². The van der Waals surface area contributed by atoms with Crippen LogP contribution in [-0.2, 0) is 15.1 Å². The average molecular weight is 264 g/mol. The van der Waals surface area contributed by atoms with E-state index in [0.29, 0.717) is 0 Å². The maximum Gasteiger partial charge on any atom is 0.411 e. The van der Waals surface area contributed by atoms with Gasteiger partial charge < -0.3 is 9.84 Å². The van der Waals surface area contributed by atoms with Crippen molar-refractivity contribution in [3.05, 3.63) is 42.7 Å². The minimum atomic E-state index is -1.60. The fraction of sp³-hybridized carbons (Fsp3) is 0.308. The van der Waals surface area contributed by atoms with E-state index in [9.17, 15) is 14.7 Å². The van der Waals surface area contributed by atoms with E-state index in [4.69, 9.17) is 4.74 Å². The number of amides is 1. The van der Waals surface area contributed by atoms with Gasteiger partial charge in [-0.25, -0.2) is 9.59 Å². The molecule has 6 heteroatoms. The number of nitrogens with zero attached hydrogens (tertiary/aromatic N) is 2. The van der Waals surface area contributed by atoms with E-state index in [1.54, 1.807) is 18.2 Å². The lowest BCUT2D eigenvalue weighted by Gasteiger charge is -2.33. The lowest BCUT2D eigenvalue weighted by Crippen LogP contribution is -2.51. The van der Waals surface area contributed by atoms with Gasteiger partial charge in [-0.2, -0.15) is 0 Å². The van der Waals surface area contributed by atoms with Crippen LogP contribution in [0.5, 0.6) is 0 Å². The first-order valence-electron chi connectivity index (χ1n) is 5.61. The number of hydrogen-bond acceptors (Lipinski definition) is 4. The van der Waals surface area contributed by atoms with Crippen LogP contribution in [0.1, 0.15) is 12.6 Å². The lowest BCUT2D eigenvalue weighted by molar-refractivity contribution is -0.149. The summed E-state index contributed by atoms with van der Waals surface area (Å²) in [7, 11) is 1.36. The first-order valence-corrected chi connectivity index (χ1v) is 5.61. The van der Waals surface area contributed by atoms with Crippen molar-refractivity contribution >= 4 is 12.1 Å². The molecule has 0 spiro atoms. The molecule has 0 saturated carbocycles. The van der Waals surface area contributed by atoms with E-state index in [1.165, 1.54) is 26.2 Å². The number of pyridine rings is 1. The molecule has 0 radical (unpaired) electrons. The van der Waals surface area contributed by atoms with E-state index in [-0.39, 0.29) is 12.3 Å². The molecular formula is C13H16N2O4. The van der Waals surface area contributed by atoms with Gasteiger partial charge in [0.05, 0.1) is 5.69 Å². The molecule has 0 aliphatic rings. The summed E-state index contributed by atoms with van der Waals surface area (Å²) in [5, 5.41) is 9.42. The quantitative estimate of drug-likeness (QED) is 0.818. The van der Waals surface area contributed by atoms with Crippen LogP contribution in [0.4, 0.5) is 4.79 Å². The molecule has 0 aromatic carbocycles. The van der Waals surface area contributed by atoms with Gasteiger partial charge in [0.25, 0.3) is 0 Å². The van der Waals surface area contributed by atoms with E-state index in [0.717, 1.165) is 4.90 Å². The predicted octanol–water partition coefficient (Wildman–Crippen LogP) is 1.64. The van der Waals surface area contributed by atoms with Crippen molar-refractivity contribution in [2.24, 2.45) is 0 Å². The first kappa shape index (κ1) is 14.7. The summed E-state index contributed by atoms with van der Waals surface area (Å²) in [5.41, 5.74) is -1.35. The molecule has 1 amide bonds. The molecule has 1 atom stereocenters. The fourth-order valence-corrected chi connectivity index (χ4v) is 1.49. The zero-order chi connectivity index (χ0) is 14.5. The number of carboxylic acid groups (broad SMARTS) is 1. The van der Waals surface area contributed by atoms with E-state index in [2.05, 4.69) is 11.6 Å². The highest BCUT2D eigenvalue weighted by molar-refractivity contribution is 5.84. The number of likely N-dealkylation sites (N-methyl/N-ethyl adjacent to an activating group) is 1. The monoisotopic (exact) mass is 264 g/mol. The molecular weight excluding hydrogens is 248 g/mol. The highest BCUT2D eigenvalue weighted by atomic mass is 16.6.